The number of hydrogen-bond donors (Lipinski definition) is 1. The van der Waals surface area contributed by atoms with Crippen molar-refractivity contribution < 1.29 is 9.15 Å². The fourth-order valence-corrected chi connectivity index (χ4v) is 2.50. The molecule has 1 aromatic heterocycles. The van der Waals surface area contributed by atoms with Crippen LogP contribution in [0.5, 0.6) is 0 Å². The lowest BCUT2D eigenvalue weighted by Gasteiger charge is -2.18. The quantitative estimate of drug-likeness (QED) is 0.720. The summed E-state index contributed by atoms with van der Waals surface area (Å²) in [5, 5.41) is 11.3. The van der Waals surface area contributed by atoms with Gasteiger partial charge in [0.25, 0.3) is 0 Å². The van der Waals surface area contributed by atoms with Crippen molar-refractivity contribution in [1.29, 1.82) is 0 Å². The third-order valence-corrected chi connectivity index (χ3v) is 3.55. The molecule has 19 heavy (non-hydrogen) atoms. The van der Waals surface area contributed by atoms with Crippen LogP contribution in [0.15, 0.2) is 4.42 Å². The maximum absolute atomic E-state index is 5.64. The van der Waals surface area contributed by atoms with E-state index in [9.17, 15) is 0 Å². The molecule has 1 heterocycles. The van der Waals surface area contributed by atoms with Crippen molar-refractivity contribution in [2.75, 3.05) is 38.8 Å². The molecule has 0 radical (unpaired) electrons. The number of hydrogen-bond acceptors (Lipinski definition) is 6. The Labute approximate surface area is 114 Å². The highest BCUT2D eigenvalue weighted by Crippen LogP contribution is 2.26. The smallest absolute Gasteiger partial charge is 0.317 e. The number of methoxy groups -OCH3 is 1. The predicted octanol–water partition coefficient (Wildman–Crippen LogP) is 1.43. The largest absolute Gasteiger partial charge is 0.407 e. The second-order valence-electron chi connectivity index (χ2n) is 5.18. The van der Waals surface area contributed by atoms with Gasteiger partial charge in [-0.15, -0.1) is 5.10 Å². The Hall–Kier alpha value is -1.14. The fourth-order valence-electron chi connectivity index (χ4n) is 2.50. The van der Waals surface area contributed by atoms with E-state index in [-0.39, 0.29) is 0 Å². The van der Waals surface area contributed by atoms with Gasteiger partial charge in [-0.25, -0.2) is 0 Å². The van der Waals surface area contributed by atoms with Crippen LogP contribution in [0.1, 0.15) is 31.6 Å². The molecular weight excluding hydrogens is 244 g/mol. The van der Waals surface area contributed by atoms with Crippen LogP contribution in [-0.2, 0) is 11.3 Å². The molecule has 2 rings (SSSR count). The molecule has 0 bridgehead atoms. The second-order valence-corrected chi connectivity index (χ2v) is 5.18. The van der Waals surface area contributed by atoms with Gasteiger partial charge in [0.2, 0.25) is 5.89 Å². The van der Waals surface area contributed by atoms with Gasteiger partial charge < -0.3 is 19.4 Å². The maximum atomic E-state index is 5.64. The van der Waals surface area contributed by atoms with Gasteiger partial charge in [-0.3, -0.25) is 0 Å². The normalized spacial score (nSPS) is 16.1. The number of ether oxygens (including phenoxy) is 1. The SMILES string of the molecule is COCCNCc1nnc(N(C)CC2CCCC2)o1. The van der Waals surface area contributed by atoms with E-state index in [0.717, 1.165) is 19.0 Å². The molecule has 1 aliphatic carbocycles. The van der Waals surface area contributed by atoms with E-state index < -0.39 is 0 Å². The van der Waals surface area contributed by atoms with E-state index in [2.05, 4.69) is 20.4 Å². The summed E-state index contributed by atoms with van der Waals surface area (Å²) < 4.78 is 10.6. The van der Waals surface area contributed by atoms with Crippen LogP contribution in [0.2, 0.25) is 0 Å². The van der Waals surface area contributed by atoms with E-state index in [1.807, 2.05) is 7.05 Å². The fraction of sp³-hybridized carbons (Fsp3) is 0.846. The molecule has 1 N–H and O–H groups in total. The zero-order valence-corrected chi connectivity index (χ0v) is 11.9. The Bertz CT molecular complexity index is 363. The molecular formula is C13H24N4O2. The summed E-state index contributed by atoms with van der Waals surface area (Å²) in [5.41, 5.74) is 0. The minimum absolute atomic E-state index is 0.591. The summed E-state index contributed by atoms with van der Waals surface area (Å²) in [6.07, 6.45) is 5.36. The molecule has 0 aromatic carbocycles. The first-order chi connectivity index (χ1) is 9.29. The van der Waals surface area contributed by atoms with Gasteiger partial charge in [0.15, 0.2) is 0 Å². The summed E-state index contributed by atoms with van der Waals surface area (Å²) in [6, 6.07) is 0.621. The molecule has 1 aliphatic rings. The van der Waals surface area contributed by atoms with Crippen molar-refractivity contribution in [1.82, 2.24) is 15.5 Å². The molecule has 1 fully saturated rings. The third-order valence-electron chi connectivity index (χ3n) is 3.55. The summed E-state index contributed by atoms with van der Waals surface area (Å²) in [6.45, 7) is 3.07. The van der Waals surface area contributed by atoms with Crippen LogP contribution < -0.4 is 10.2 Å². The van der Waals surface area contributed by atoms with Gasteiger partial charge >= 0.3 is 6.01 Å². The van der Waals surface area contributed by atoms with Gasteiger partial charge in [-0.1, -0.05) is 17.9 Å². The van der Waals surface area contributed by atoms with Crippen LogP contribution in [0.4, 0.5) is 6.01 Å². The van der Waals surface area contributed by atoms with E-state index in [4.69, 9.17) is 9.15 Å². The van der Waals surface area contributed by atoms with E-state index in [0.29, 0.717) is 25.1 Å². The van der Waals surface area contributed by atoms with Crippen LogP contribution in [0.3, 0.4) is 0 Å². The Balaban J connectivity index is 1.75. The van der Waals surface area contributed by atoms with Gasteiger partial charge in [-0.05, 0) is 18.8 Å². The zero-order valence-electron chi connectivity index (χ0n) is 11.9. The molecule has 0 atom stereocenters. The van der Waals surface area contributed by atoms with Crippen molar-refractivity contribution >= 4 is 6.01 Å². The number of aromatic nitrogens is 2. The van der Waals surface area contributed by atoms with Crippen molar-refractivity contribution in [2.24, 2.45) is 5.92 Å². The van der Waals surface area contributed by atoms with Crippen LogP contribution in [0, 0.1) is 5.92 Å². The Morgan fingerprint density at radius 3 is 2.89 bits per heavy atom. The molecule has 108 valence electrons. The molecule has 1 saturated carbocycles. The molecule has 6 nitrogen and oxygen atoms in total. The molecule has 1 aromatic rings. The topological polar surface area (TPSA) is 63.4 Å². The van der Waals surface area contributed by atoms with Crippen LogP contribution in [-0.4, -0.2) is 44.1 Å². The molecule has 0 unspecified atom stereocenters. The lowest BCUT2D eigenvalue weighted by molar-refractivity contribution is 0.198. The van der Waals surface area contributed by atoms with E-state index in [1.54, 1.807) is 7.11 Å². The lowest BCUT2D eigenvalue weighted by Crippen LogP contribution is -2.24. The van der Waals surface area contributed by atoms with Crippen molar-refractivity contribution in [3.05, 3.63) is 5.89 Å². The van der Waals surface area contributed by atoms with E-state index >= 15 is 0 Å². The van der Waals surface area contributed by atoms with Gasteiger partial charge in [0, 0.05) is 27.2 Å². The number of rotatable bonds is 8. The highest BCUT2D eigenvalue weighted by Gasteiger charge is 2.19. The van der Waals surface area contributed by atoms with Crippen molar-refractivity contribution in [3.63, 3.8) is 0 Å². The second kappa shape index (κ2) is 7.45. The molecule has 6 heteroatoms. The highest BCUT2D eigenvalue weighted by atomic mass is 16.5. The number of nitrogens with zero attached hydrogens (tertiary/aromatic N) is 3. The molecule has 0 amide bonds. The van der Waals surface area contributed by atoms with Gasteiger partial charge in [-0.2, -0.15) is 0 Å². The first-order valence-electron chi connectivity index (χ1n) is 7.02. The average molecular weight is 268 g/mol. The minimum Gasteiger partial charge on any atom is -0.407 e. The molecule has 0 aliphatic heterocycles. The van der Waals surface area contributed by atoms with Gasteiger partial charge in [0.1, 0.15) is 0 Å². The minimum atomic E-state index is 0.591. The van der Waals surface area contributed by atoms with Crippen molar-refractivity contribution in [2.45, 2.75) is 32.2 Å². The van der Waals surface area contributed by atoms with E-state index in [1.165, 1.54) is 25.7 Å². The summed E-state index contributed by atoms with van der Waals surface area (Å²) >= 11 is 0. The summed E-state index contributed by atoms with van der Waals surface area (Å²) in [5.74, 6) is 1.41. The lowest BCUT2D eigenvalue weighted by atomic mass is 10.1. The molecule has 0 spiro atoms. The standard InChI is InChI=1S/C13H24N4O2/c1-17(10-11-5-3-4-6-11)13-16-15-12(19-13)9-14-7-8-18-2/h11,14H,3-10H2,1-2H3. The Morgan fingerprint density at radius 1 is 1.37 bits per heavy atom. The zero-order chi connectivity index (χ0) is 13.5. The average Bonchev–Trinajstić information content (AvgIpc) is 3.05. The van der Waals surface area contributed by atoms with Gasteiger partial charge in [0.05, 0.1) is 13.2 Å². The Kier molecular flexibility index (Phi) is 5.60. The van der Waals surface area contributed by atoms with Crippen LogP contribution in [0.25, 0.3) is 0 Å². The number of nitrogens with one attached hydrogen (secondary N) is 1. The molecule has 0 saturated heterocycles. The first-order valence-corrected chi connectivity index (χ1v) is 7.02. The third kappa shape index (κ3) is 4.47. The summed E-state index contributed by atoms with van der Waals surface area (Å²) in [7, 11) is 3.71. The predicted molar refractivity (Wildman–Crippen MR) is 73.1 cm³/mol. The van der Waals surface area contributed by atoms with Crippen molar-refractivity contribution in [3.8, 4) is 0 Å². The monoisotopic (exact) mass is 268 g/mol. The van der Waals surface area contributed by atoms with Crippen LogP contribution >= 0.6 is 0 Å². The maximum Gasteiger partial charge on any atom is 0.317 e. The first kappa shape index (κ1) is 14.3. The summed E-state index contributed by atoms with van der Waals surface area (Å²) in [4.78, 5) is 2.07. The Morgan fingerprint density at radius 2 is 2.16 bits per heavy atom. The number of anilines is 1. The highest BCUT2D eigenvalue weighted by molar-refractivity contribution is 5.22.